The second-order valence-corrected chi connectivity index (χ2v) is 11.7. The largest absolute Gasteiger partial charge is 0.482 e. The maximum atomic E-state index is 13.8. The van der Waals surface area contributed by atoms with Crippen LogP contribution in [0.5, 0.6) is 5.75 Å². The lowest BCUT2D eigenvalue weighted by Gasteiger charge is -2.20. The molecule has 8 nitrogen and oxygen atoms in total. The minimum absolute atomic E-state index is 0.00952. The first-order valence-electron chi connectivity index (χ1n) is 17.2. The Morgan fingerprint density at radius 2 is 1.19 bits per heavy atom. The Hall–Kier alpha value is -6.19. The fourth-order valence-electron chi connectivity index (χ4n) is 4.92. The molecule has 4 aromatic rings. The number of hydrogen-bond acceptors (Lipinski definition) is 6. The summed E-state index contributed by atoms with van der Waals surface area (Å²) in [6, 6.07) is 28.2. The molecule has 266 valence electrons. The fraction of sp³-hybridized carbons (Fsp3) is 0.256. The molecule has 0 unspecified atom stereocenters. The molecule has 0 aliphatic rings. The second-order valence-electron chi connectivity index (χ2n) is 11.7. The van der Waals surface area contributed by atoms with Crippen molar-refractivity contribution in [3.05, 3.63) is 126 Å². The van der Waals surface area contributed by atoms with Crippen molar-refractivity contribution in [1.82, 2.24) is 0 Å². The van der Waals surface area contributed by atoms with Gasteiger partial charge in [0, 0.05) is 35.3 Å². The summed E-state index contributed by atoms with van der Waals surface area (Å²) in [6.45, 7) is 3.86. The molecule has 0 aromatic heterocycles. The van der Waals surface area contributed by atoms with Crippen molar-refractivity contribution in [1.29, 1.82) is 0 Å². The molecule has 0 aliphatic heterocycles. The average Bonchev–Trinajstić information content (AvgIpc) is 3.16. The molecular weight excluding hydrogens is 659 g/mol. The maximum absolute atomic E-state index is 13.8. The van der Waals surface area contributed by atoms with Crippen LogP contribution in [0.2, 0.25) is 0 Å². The number of nitrogens with zero attached hydrogens (tertiary/aromatic N) is 2. The van der Waals surface area contributed by atoms with Crippen LogP contribution in [0.1, 0.15) is 73.9 Å². The number of benzene rings is 4. The quantitative estimate of drug-likeness (QED) is 0.0760. The molecular formula is C43H41FN2O6. The van der Waals surface area contributed by atoms with Gasteiger partial charge in [-0.25, -0.2) is 14.0 Å². The number of anilines is 2. The Morgan fingerprint density at radius 3 is 1.75 bits per heavy atom. The van der Waals surface area contributed by atoms with Gasteiger partial charge < -0.3 is 19.3 Å². The van der Waals surface area contributed by atoms with Gasteiger partial charge in [0.1, 0.15) is 11.6 Å². The van der Waals surface area contributed by atoms with Crippen molar-refractivity contribution in [2.75, 3.05) is 29.5 Å². The molecule has 4 aromatic carbocycles. The Labute approximate surface area is 304 Å². The van der Waals surface area contributed by atoms with Crippen LogP contribution in [0.15, 0.2) is 103 Å². The zero-order chi connectivity index (χ0) is 37.1. The molecule has 0 heterocycles. The third-order valence-corrected chi connectivity index (χ3v) is 7.76. The van der Waals surface area contributed by atoms with Crippen molar-refractivity contribution in [2.24, 2.45) is 0 Å². The van der Waals surface area contributed by atoms with Gasteiger partial charge in [-0.05, 0) is 91.7 Å². The van der Waals surface area contributed by atoms with E-state index in [1.807, 2.05) is 44.2 Å². The monoisotopic (exact) mass is 700 g/mol. The standard InChI is InChI=1S/C43H41FN2O6/c1-3-5-19-40(47)45(37-16-8-7-9-17-37)29-11-13-33-21-25-35(26-22-33)43(50)52-42(49)32-51-39-27-23-34(24-28-39)14-12-30-46(41(48)20-6-4-2)38-18-10-15-36(44)31-38/h7-10,15-18,21-28,31H,3-6,19-20,29-30,32H2,1-2H3. The van der Waals surface area contributed by atoms with E-state index in [0.29, 0.717) is 35.4 Å². The summed E-state index contributed by atoms with van der Waals surface area (Å²) >= 11 is 0. The second kappa shape index (κ2) is 20.5. The van der Waals surface area contributed by atoms with Gasteiger partial charge in [0.05, 0.1) is 18.7 Å². The molecule has 0 saturated carbocycles. The van der Waals surface area contributed by atoms with E-state index in [2.05, 4.69) is 23.7 Å². The van der Waals surface area contributed by atoms with Gasteiger partial charge in [-0.2, -0.15) is 0 Å². The Balaban J connectivity index is 1.26. The number of ether oxygens (including phenoxy) is 2. The number of carbonyl (C=O) groups is 4. The number of esters is 2. The van der Waals surface area contributed by atoms with Crippen LogP contribution in [0.25, 0.3) is 0 Å². The normalized spacial score (nSPS) is 10.1. The molecule has 9 heteroatoms. The third kappa shape index (κ3) is 12.3. The third-order valence-electron chi connectivity index (χ3n) is 7.76. The SMILES string of the molecule is CCCCC(=O)N(CC#Cc1ccc(C(=O)OC(=O)COc2ccc(C#CCN(C(=O)CCCC)c3cccc(F)c3)cc2)cc1)c1ccccc1. The van der Waals surface area contributed by atoms with Gasteiger partial charge >= 0.3 is 11.9 Å². The van der Waals surface area contributed by atoms with Crippen molar-refractivity contribution in [3.63, 3.8) is 0 Å². The highest BCUT2D eigenvalue weighted by molar-refractivity contribution is 5.97. The molecule has 0 bridgehead atoms. The molecule has 0 aliphatic carbocycles. The Kier molecular flexibility index (Phi) is 15.2. The first-order valence-corrected chi connectivity index (χ1v) is 17.2. The number of para-hydroxylation sites is 1. The van der Waals surface area contributed by atoms with Crippen LogP contribution in [-0.4, -0.2) is 43.4 Å². The lowest BCUT2D eigenvalue weighted by molar-refractivity contribution is -0.140. The van der Waals surface area contributed by atoms with Crippen LogP contribution < -0.4 is 14.5 Å². The lowest BCUT2D eigenvalue weighted by Crippen LogP contribution is -2.31. The summed E-state index contributed by atoms with van der Waals surface area (Å²) in [6.07, 6.45) is 4.10. The Morgan fingerprint density at radius 1 is 0.654 bits per heavy atom. The van der Waals surface area contributed by atoms with Gasteiger partial charge in [0.25, 0.3) is 0 Å². The number of amides is 2. The molecule has 4 rings (SSSR count). The zero-order valence-electron chi connectivity index (χ0n) is 29.4. The van der Waals surface area contributed by atoms with Gasteiger partial charge in [-0.1, -0.05) is 74.6 Å². The zero-order valence-corrected chi connectivity index (χ0v) is 29.4. The predicted octanol–water partition coefficient (Wildman–Crippen LogP) is 7.74. The molecule has 0 spiro atoms. The number of rotatable bonds is 14. The van der Waals surface area contributed by atoms with E-state index in [1.54, 1.807) is 53.4 Å². The average molecular weight is 701 g/mol. The summed E-state index contributed by atoms with van der Waals surface area (Å²) in [7, 11) is 0. The maximum Gasteiger partial charge on any atom is 0.352 e. The van der Waals surface area contributed by atoms with Crippen LogP contribution in [-0.2, 0) is 19.1 Å². The highest BCUT2D eigenvalue weighted by Crippen LogP contribution is 2.18. The van der Waals surface area contributed by atoms with Crippen LogP contribution >= 0.6 is 0 Å². The number of unbranched alkanes of at least 4 members (excludes halogenated alkanes) is 2. The number of halogens is 1. The summed E-state index contributed by atoms with van der Waals surface area (Å²) in [5.41, 5.74) is 2.69. The first-order chi connectivity index (χ1) is 25.3. The smallest absolute Gasteiger partial charge is 0.352 e. The molecule has 0 N–H and O–H groups in total. The molecule has 52 heavy (non-hydrogen) atoms. The van der Waals surface area contributed by atoms with E-state index in [4.69, 9.17) is 9.47 Å². The van der Waals surface area contributed by atoms with Gasteiger partial charge in [-0.15, -0.1) is 0 Å². The molecule has 0 atom stereocenters. The van der Waals surface area contributed by atoms with E-state index < -0.39 is 24.4 Å². The van der Waals surface area contributed by atoms with E-state index in [9.17, 15) is 23.6 Å². The van der Waals surface area contributed by atoms with Crippen LogP contribution in [0, 0.1) is 29.5 Å². The summed E-state index contributed by atoms with van der Waals surface area (Å²) in [5.74, 6) is 10.2. The minimum Gasteiger partial charge on any atom is -0.482 e. The van der Waals surface area contributed by atoms with E-state index in [1.165, 1.54) is 29.2 Å². The van der Waals surface area contributed by atoms with Crippen LogP contribution in [0.3, 0.4) is 0 Å². The van der Waals surface area contributed by atoms with Gasteiger partial charge in [0.2, 0.25) is 11.8 Å². The van der Waals surface area contributed by atoms with Crippen molar-refractivity contribution in [2.45, 2.75) is 52.4 Å². The van der Waals surface area contributed by atoms with Crippen molar-refractivity contribution >= 4 is 35.1 Å². The minimum atomic E-state index is -0.864. The molecule has 0 saturated heterocycles. The van der Waals surface area contributed by atoms with Gasteiger partial charge in [-0.3, -0.25) is 9.59 Å². The highest BCUT2D eigenvalue weighted by atomic mass is 19.1. The fourth-order valence-corrected chi connectivity index (χ4v) is 4.92. The molecule has 0 radical (unpaired) electrons. The predicted molar refractivity (Wildman–Crippen MR) is 199 cm³/mol. The number of carbonyl (C=O) groups excluding carboxylic acids is 4. The van der Waals surface area contributed by atoms with Gasteiger partial charge in [0.15, 0.2) is 6.61 Å². The first kappa shape index (κ1) is 38.6. The summed E-state index contributed by atoms with van der Waals surface area (Å²) in [4.78, 5) is 53.6. The topological polar surface area (TPSA) is 93.2 Å². The van der Waals surface area contributed by atoms with E-state index in [0.717, 1.165) is 31.4 Å². The van der Waals surface area contributed by atoms with E-state index in [-0.39, 0.29) is 30.5 Å². The highest BCUT2D eigenvalue weighted by Gasteiger charge is 2.16. The van der Waals surface area contributed by atoms with Crippen molar-refractivity contribution < 1.29 is 33.0 Å². The molecule has 0 fully saturated rings. The lowest BCUT2D eigenvalue weighted by atomic mass is 10.1. The van der Waals surface area contributed by atoms with E-state index >= 15 is 0 Å². The summed E-state index contributed by atoms with van der Waals surface area (Å²) < 4.78 is 24.3. The number of hydrogen-bond donors (Lipinski definition) is 0. The van der Waals surface area contributed by atoms with Crippen LogP contribution in [0.4, 0.5) is 15.8 Å². The molecule has 2 amide bonds. The van der Waals surface area contributed by atoms with Crippen molar-refractivity contribution in [3.8, 4) is 29.4 Å². The Bertz CT molecular complexity index is 1940. The summed E-state index contributed by atoms with van der Waals surface area (Å²) in [5, 5.41) is 0.